The minimum atomic E-state index is -0.271. The van der Waals surface area contributed by atoms with Crippen LogP contribution in [-0.2, 0) is 12.8 Å². The monoisotopic (exact) mass is 442 g/mol. The van der Waals surface area contributed by atoms with Gasteiger partial charge in [-0.05, 0) is 35.8 Å². The van der Waals surface area contributed by atoms with Gasteiger partial charge in [-0.15, -0.1) is 0 Å². The van der Waals surface area contributed by atoms with E-state index in [1.54, 1.807) is 17.3 Å². The standard InChI is InChI=1S/C24H26N8O/c25-21-16-4-2-1-3-15(16)11-24(21)6-9-31(10-7-24)19-13-28-20(22(26)30-19)23(33)32-8-5-17-18(32)12-27-14-29-17/h1-4,12-14,21H,5-11,25H2,(H2,26,30). The van der Waals surface area contributed by atoms with Gasteiger partial charge in [-0.3, -0.25) is 4.79 Å². The topological polar surface area (TPSA) is 127 Å². The normalized spacial score (nSPS) is 20.7. The van der Waals surface area contributed by atoms with E-state index in [9.17, 15) is 4.79 Å². The fourth-order valence-corrected chi connectivity index (χ4v) is 5.64. The largest absolute Gasteiger partial charge is 0.382 e. The highest BCUT2D eigenvalue weighted by atomic mass is 16.2. The van der Waals surface area contributed by atoms with Gasteiger partial charge >= 0.3 is 0 Å². The van der Waals surface area contributed by atoms with Gasteiger partial charge < -0.3 is 21.3 Å². The van der Waals surface area contributed by atoms with Crippen molar-refractivity contribution in [3.8, 4) is 0 Å². The number of benzene rings is 1. The van der Waals surface area contributed by atoms with Crippen molar-refractivity contribution in [1.82, 2.24) is 19.9 Å². The number of nitrogens with zero attached hydrogens (tertiary/aromatic N) is 6. The number of rotatable bonds is 2. The van der Waals surface area contributed by atoms with Crippen molar-refractivity contribution >= 4 is 23.2 Å². The summed E-state index contributed by atoms with van der Waals surface area (Å²) < 4.78 is 0. The van der Waals surface area contributed by atoms with Gasteiger partial charge in [-0.2, -0.15) is 0 Å². The van der Waals surface area contributed by atoms with Crippen LogP contribution in [0.4, 0.5) is 17.3 Å². The minimum absolute atomic E-state index is 0.0688. The fourth-order valence-electron chi connectivity index (χ4n) is 5.64. The lowest BCUT2D eigenvalue weighted by Crippen LogP contribution is -2.44. The Labute approximate surface area is 191 Å². The van der Waals surface area contributed by atoms with E-state index in [0.29, 0.717) is 24.5 Å². The van der Waals surface area contributed by atoms with Crippen LogP contribution in [0.1, 0.15) is 46.2 Å². The quantitative estimate of drug-likeness (QED) is 0.616. The van der Waals surface area contributed by atoms with Gasteiger partial charge in [-0.1, -0.05) is 24.3 Å². The second kappa shape index (κ2) is 7.48. The van der Waals surface area contributed by atoms with E-state index < -0.39 is 0 Å². The van der Waals surface area contributed by atoms with E-state index in [2.05, 4.69) is 49.1 Å². The number of fused-ring (bicyclic) bond motifs is 2. The number of amides is 1. The van der Waals surface area contributed by atoms with Crippen LogP contribution in [0.2, 0.25) is 0 Å². The fraction of sp³-hybridized carbons (Fsp3) is 0.375. The predicted molar refractivity (Wildman–Crippen MR) is 125 cm³/mol. The van der Waals surface area contributed by atoms with Crippen molar-refractivity contribution in [2.45, 2.75) is 31.7 Å². The van der Waals surface area contributed by atoms with Crippen LogP contribution in [-0.4, -0.2) is 45.5 Å². The highest BCUT2D eigenvalue weighted by Gasteiger charge is 2.46. The molecule has 1 atom stereocenters. The minimum Gasteiger partial charge on any atom is -0.382 e. The molecule has 4 heterocycles. The summed E-state index contributed by atoms with van der Waals surface area (Å²) in [6.45, 7) is 2.20. The lowest BCUT2D eigenvalue weighted by atomic mass is 9.73. The SMILES string of the molecule is Nc1nc(N2CCC3(CC2)Cc2ccccc2C3N)cnc1C(=O)N1CCc2ncncc21. The van der Waals surface area contributed by atoms with E-state index in [1.165, 1.54) is 17.5 Å². The summed E-state index contributed by atoms with van der Waals surface area (Å²) in [7, 11) is 0. The van der Waals surface area contributed by atoms with E-state index in [0.717, 1.165) is 38.0 Å². The first-order chi connectivity index (χ1) is 16.1. The van der Waals surface area contributed by atoms with Gasteiger partial charge in [0.05, 0.1) is 23.8 Å². The molecule has 0 saturated carbocycles. The Morgan fingerprint density at radius 3 is 2.70 bits per heavy atom. The summed E-state index contributed by atoms with van der Waals surface area (Å²) >= 11 is 0. The Morgan fingerprint density at radius 1 is 1.09 bits per heavy atom. The Kier molecular flexibility index (Phi) is 4.55. The number of carbonyl (C=O) groups is 1. The van der Waals surface area contributed by atoms with Gasteiger partial charge in [-0.25, -0.2) is 19.9 Å². The molecule has 9 heteroatoms. The number of carbonyl (C=O) groups excluding carboxylic acids is 1. The molecule has 33 heavy (non-hydrogen) atoms. The Hall–Kier alpha value is -3.59. The molecule has 1 aromatic carbocycles. The Bertz CT molecular complexity index is 1240. The summed E-state index contributed by atoms with van der Waals surface area (Å²) in [6.07, 6.45) is 8.49. The van der Waals surface area contributed by atoms with Crippen LogP contribution in [0.15, 0.2) is 43.0 Å². The number of nitrogens with two attached hydrogens (primary N) is 2. The van der Waals surface area contributed by atoms with Crippen LogP contribution in [0.5, 0.6) is 0 Å². The van der Waals surface area contributed by atoms with Crippen LogP contribution in [0.3, 0.4) is 0 Å². The van der Waals surface area contributed by atoms with Crippen molar-refractivity contribution in [2.75, 3.05) is 35.2 Å². The zero-order chi connectivity index (χ0) is 22.6. The second-order valence-corrected chi connectivity index (χ2v) is 9.23. The molecule has 1 spiro atoms. The third kappa shape index (κ3) is 3.14. The van der Waals surface area contributed by atoms with Gasteiger partial charge in [0.1, 0.15) is 12.1 Å². The highest BCUT2D eigenvalue weighted by Crippen LogP contribution is 2.50. The van der Waals surface area contributed by atoms with Gasteiger partial charge in [0, 0.05) is 32.1 Å². The van der Waals surface area contributed by atoms with Crippen molar-refractivity contribution in [2.24, 2.45) is 11.1 Å². The van der Waals surface area contributed by atoms with Crippen molar-refractivity contribution in [3.05, 3.63) is 65.5 Å². The number of hydrogen-bond acceptors (Lipinski definition) is 8. The molecule has 3 aliphatic rings. The maximum Gasteiger partial charge on any atom is 0.280 e. The first-order valence-corrected chi connectivity index (χ1v) is 11.4. The van der Waals surface area contributed by atoms with Crippen LogP contribution in [0, 0.1) is 5.41 Å². The summed E-state index contributed by atoms with van der Waals surface area (Å²) in [5, 5.41) is 0. The van der Waals surface area contributed by atoms with E-state index >= 15 is 0 Å². The third-order valence-electron chi connectivity index (χ3n) is 7.55. The van der Waals surface area contributed by atoms with Gasteiger partial charge in [0.25, 0.3) is 5.91 Å². The number of anilines is 3. The van der Waals surface area contributed by atoms with E-state index in [-0.39, 0.29) is 28.9 Å². The molecule has 6 rings (SSSR count). The van der Waals surface area contributed by atoms with Crippen molar-refractivity contribution in [1.29, 1.82) is 0 Å². The molecule has 9 nitrogen and oxygen atoms in total. The van der Waals surface area contributed by atoms with E-state index in [1.807, 2.05) is 0 Å². The first kappa shape index (κ1) is 20.0. The molecule has 2 aromatic heterocycles. The molecule has 2 aliphatic heterocycles. The Balaban J connectivity index is 1.18. The number of piperidine rings is 1. The molecule has 3 aromatic rings. The van der Waals surface area contributed by atoms with Crippen LogP contribution in [0.25, 0.3) is 0 Å². The first-order valence-electron chi connectivity index (χ1n) is 11.4. The average Bonchev–Trinajstić information content (AvgIpc) is 3.39. The van der Waals surface area contributed by atoms with Crippen molar-refractivity contribution < 1.29 is 4.79 Å². The molecule has 1 unspecified atom stereocenters. The average molecular weight is 443 g/mol. The molecule has 0 bridgehead atoms. The summed E-state index contributed by atoms with van der Waals surface area (Å²) in [6, 6.07) is 8.59. The summed E-state index contributed by atoms with van der Waals surface area (Å²) in [5.41, 5.74) is 17.4. The summed E-state index contributed by atoms with van der Waals surface area (Å²) in [5.74, 6) is 0.577. The highest BCUT2D eigenvalue weighted by molar-refractivity contribution is 6.08. The zero-order valence-corrected chi connectivity index (χ0v) is 18.3. The second-order valence-electron chi connectivity index (χ2n) is 9.23. The molecular weight excluding hydrogens is 416 g/mol. The lowest BCUT2D eigenvalue weighted by Gasteiger charge is -2.42. The maximum atomic E-state index is 13.1. The molecule has 4 N–H and O–H groups in total. The molecule has 0 radical (unpaired) electrons. The van der Waals surface area contributed by atoms with Crippen LogP contribution < -0.4 is 21.3 Å². The molecule has 1 saturated heterocycles. The number of nitrogen functional groups attached to an aromatic ring is 1. The molecule has 168 valence electrons. The predicted octanol–water partition coefficient (Wildman–Crippen LogP) is 1.89. The maximum absolute atomic E-state index is 13.1. The third-order valence-corrected chi connectivity index (χ3v) is 7.55. The molecule has 1 amide bonds. The molecule has 1 fully saturated rings. The van der Waals surface area contributed by atoms with E-state index in [4.69, 9.17) is 11.5 Å². The van der Waals surface area contributed by atoms with Crippen LogP contribution >= 0.6 is 0 Å². The lowest BCUT2D eigenvalue weighted by molar-refractivity contribution is 0.0985. The number of hydrogen-bond donors (Lipinski definition) is 2. The smallest absolute Gasteiger partial charge is 0.280 e. The summed E-state index contributed by atoms with van der Waals surface area (Å²) in [4.78, 5) is 34.2. The molecule has 1 aliphatic carbocycles. The number of aromatic nitrogens is 4. The van der Waals surface area contributed by atoms with Crippen molar-refractivity contribution in [3.63, 3.8) is 0 Å². The van der Waals surface area contributed by atoms with Gasteiger partial charge in [0.2, 0.25) is 0 Å². The zero-order valence-electron chi connectivity index (χ0n) is 18.3. The Morgan fingerprint density at radius 2 is 1.91 bits per heavy atom. The van der Waals surface area contributed by atoms with Gasteiger partial charge in [0.15, 0.2) is 11.5 Å². The molecular formula is C24H26N8O.